The molecule has 0 spiro atoms. The molecule has 3 aromatic carbocycles. The molecule has 5 heteroatoms. The number of nitrogens with one attached hydrogen (secondary N) is 1. The number of benzene rings is 3. The minimum absolute atomic E-state index is 0.262. The Kier molecular flexibility index (Phi) is 4.65. The maximum absolute atomic E-state index is 12.5. The Morgan fingerprint density at radius 3 is 2.54 bits per heavy atom. The van der Waals surface area contributed by atoms with Crippen molar-refractivity contribution in [3.05, 3.63) is 81.9 Å². The molecule has 140 valence electrons. The van der Waals surface area contributed by atoms with Crippen LogP contribution in [0.3, 0.4) is 0 Å². The summed E-state index contributed by atoms with van der Waals surface area (Å²) in [5, 5.41) is 3.30. The van der Waals surface area contributed by atoms with Crippen LogP contribution in [-0.2, 0) is 0 Å². The highest BCUT2D eigenvalue weighted by molar-refractivity contribution is 6.34. The molecule has 0 aliphatic carbocycles. The second-order valence-electron chi connectivity index (χ2n) is 6.94. The molecule has 0 radical (unpaired) electrons. The van der Waals surface area contributed by atoms with Crippen LogP contribution in [0.5, 0.6) is 0 Å². The van der Waals surface area contributed by atoms with Crippen molar-refractivity contribution in [3.63, 3.8) is 0 Å². The Labute approximate surface area is 168 Å². The zero-order valence-electron chi connectivity index (χ0n) is 15.8. The summed E-state index contributed by atoms with van der Waals surface area (Å²) in [6, 6.07) is 16.8. The average Bonchev–Trinajstić information content (AvgIpc) is 3.07. The molecule has 0 unspecified atom stereocenters. The molecule has 0 aliphatic heterocycles. The van der Waals surface area contributed by atoms with Crippen LogP contribution in [0.25, 0.3) is 22.6 Å². The molecule has 1 aromatic heterocycles. The van der Waals surface area contributed by atoms with Crippen LogP contribution in [-0.4, -0.2) is 10.9 Å². The predicted octanol–water partition coefficient (Wildman–Crippen LogP) is 6.33. The Bertz CT molecular complexity index is 1210. The summed E-state index contributed by atoms with van der Waals surface area (Å²) in [6.45, 7) is 6.06. The van der Waals surface area contributed by atoms with Crippen molar-refractivity contribution in [2.45, 2.75) is 20.8 Å². The van der Waals surface area contributed by atoms with Crippen LogP contribution in [0.2, 0.25) is 5.02 Å². The molecule has 0 bridgehead atoms. The van der Waals surface area contributed by atoms with Gasteiger partial charge in [-0.15, -0.1) is 0 Å². The van der Waals surface area contributed by atoms with Gasteiger partial charge in [0.25, 0.3) is 5.91 Å². The number of amides is 1. The number of carbonyl (C=O) groups excluding carboxylic acids is 1. The van der Waals surface area contributed by atoms with Gasteiger partial charge in [-0.1, -0.05) is 23.7 Å². The quantitative estimate of drug-likeness (QED) is 0.445. The highest BCUT2D eigenvalue weighted by atomic mass is 35.5. The van der Waals surface area contributed by atoms with Crippen LogP contribution >= 0.6 is 11.6 Å². The molecular formula is C23H19ClN2O2. The summed E-state index contributed by atoms with van der Waals surface area (Å²) in [7, 11) is 0. The third-order valence-electron chi connectivity index (χ3n) is 4.77. The fourth-order valence-electron chi connectivity index (χ4n) is 3.01. The maximum Gasteiger partial charge on any atom is 0.257 e. The number of halogens is 1. The lowest BCUT2D eigenvalue weighted by molar-refractivity contribution is 0.102. The first kappa shape index (κ1) is 18.3. The molecule has 4 nitrogen and oxygen atoms in total. The summed E-state index contributed by atoms with van der Waals surface area (Å²) < 4.78 is 5.88. The third kappa shape index (κ3) is 3.51. The summed E-state index contributed by atoms with van der Waals surface area (Å²) >= 11 is 6.19. The van der Waals surface area contributed by atoms with Gasteiger partial charge in [0.15, 0.2) is 5.58 Å². The Morgan fingerprint density at radius 1 is 0.964 bits per heavy atom. The normalized spacial score (nSPS) is 11.0. The molecule has 4 aromatic rings. The van der Waals surface area contributed by atoms with Gasteiger partial charge in [0.05, 0.1) is 10.6 Å². The van der Waals surface area contributed by atoms with Gasteiger partial charge < -0.3 is 9.73 Å². The summed E-state index contributed by atoms with van der Waals surface area (Å²) in [5.74, 6) is 0.297. The predicted molar refractivity (Wildman–Crippen MR) is 113 cm³/mol. The Balaban J connectivity index is 1.62. The van der Waals surface area contributed by atoms with Gasteiger partial charge in [-0.2, -0.15) is 0 Å². The topological polar surface area (TPSA) is 55.1 Å². The number of aromatic nitrogens is 1. The number of fused-ring (bicyclic) bond motifs is 1. The second kappa shape index (κ2) is 7.13. The second-order valence-corrected chi connectivity index (χ2v) is 7.35. The molecule has 28 heavy (non-hydrogen) atoms. The first-order valence-electron chi connectivity index (χ1n) is 8.96. The van der Waals surface area contributed by atoms with E-state index in [1.807, 2.05) is 19.1 Å². The fraction of sp³-hybridized carbons (Fsp3) is 0.130. The van der Waals surface area contributed by atoms with E-state index in [0.717, 1.165) is 11.1 Å². The standard InChI is InChI=1S/C23H19ClN2O2/c1-13-4-8-18(19(24)10-13)22(27)25-17-7-9-21-20(12-17)26-23(28-21)16-6-5-14(2)15(3)11-16/h4-12H,1-3H3,(H,25,27). The number of hydrogen-bond donors (Lipinski definition) is 1. The number of rotatable bonds is 3. The zero-order valence-corrected chi connectivity index (χ0v) is 16.6. The van der Waals surface area contributed by atoms with E-state index >= 15 is 0 Å². The van der Waals surface area contributed by atoms with Gasteiger partial charge in [-0.3, -0.25) is 4.79 Å². The molecule has 0 saturated heterocycles. The number of aryl methyl sites for hydroxylation is 3. The van der Waals surface area contributed by atoms with E-state index in [2.05, 4.69) is 36.3 Å². The van der Waals surface area contributed by atoms with Crippen molar-refractivity contribution in [2.24, 2.45) is 0 Å². The Morgan fingerprint density at radius 2 is 1.79 bits per heavy atom. The van der Waals surface area contributed by atoms with E-state index < -0.39 is 0 Å². The lowest BCUT2D eigenvalue weighted by Gasteiger charge is -2.07. The molecule has 4 rings (SSSR count). The molecule has 0 aliphatic rings. The smallest absolute Gasteiger partial charge is 0.257 e. The van der Waals surface area contributed by atoms with Gasteiger partial charge in [-0.05, 0) is 79.9 Å². The number of anilines is 1. The first-order chi connectivity index (χ1) is 13.4. The van der Waals surface area contributed by atoms with E-state index in [-0.39, 0.29) is 5.91 Å². The number of oxazole rings is 1. The van der Waals surface area contributed by atoms with E-state index in [9.17, 15) is 4.79 Å². The van der Waals surface area contributed by atoms with Gasteiger partial charge in [0.2, 0.25) is 5.89 Å². The number of nitrogens with zero attached hydrogens (tertiary/aromatic N) is 1. The molecule has 1 amide bonds. The molecular weight excluding hydrogens is 372 g/mol. The number of carbonyl (C=O) groups is 1. The van der Waals surface area contributed by atoms with Crippen LogP contribution in [0.4, 0.5) is 5.69 Å². The third-order valence-corrected chi connectivity index (χ3v) is 5.08. The molecule has 0 atom stereocenters. The summed E-state index contributed by atoms with van der Waals surface area (Å²) in [4.78, 5) is 17.1. The minimum Gasteiger partial charge on any atom is -0.436 e. The Hall–Kier alpha value is -3.11. The highest BCUT2D eigenvalue weighted by Crippen LogP contribution is 2.28. The van der Waals surface area contributed by atoms with Crippen molar-refractivity contribution in [3.8, 4) is 11.5 Å². The monoisotopic (exact) mass is 390 g/mol. The van der Waals surface area contributed by atoms with Crippen LogP contribution in [0, 0.1) is 20.8 Å². The SMILES string of the molecule is Cc1ccc(C(=O)Nc2ccc3oc(-c4ccc(C)c(C)c4)nc3c2)c(Cl)c1. The summed E-state index contributed by atoms with van der Waals surface area (Å²) in [6.07, 6.45) is 0. The number of hydrogen-bond acceptors (Lipinski definition) is 3. The van der Waals surface area contributed by atoms with Crippen LogP contribution in [0.1, 0.15) is 27.0 Å². The van der Waals surface area contributed by atoms with Crippen molar-refractivity contribution < 1.29 is 9.21 Å². The van der Waals surface area contributed by atoms with E-state index in [1.54, 1.807) is 30.3 Å². The minimum atomic E-state index is -0.262. The van der Waals surface area contributed by atoms with Crippen LogP contribution < -0.4 is 5.32 Å². The first-order valence-corrected chi connectivity index (χ1v) is 9.34. The largest absolute Gasteiger partial charge is 0.436 e. The molecule has 1 heterocycles. The van der Waals surface area contributed by atoms with Crippen molar-refractivity contribution in [1.29, 1.82) is 0 Å². The van der Waals surface area contributed by atoms with Crippen molar-refractivity contribution >= 4 is 34.3 Å². The lowest BCUT2D eigenvalue weighted by Crippen LogP contribution is -2.12. The van der Waals surface area contributed by atoms with Gasteiger partial charge >= 0.3 is 0 Å². The zero-order chi connectivity index (χ0) is 19.8. The average molecular weight is 391 g/mol. The van der Waals surface area contributed by atoms with E-state index in [1.165, 1.54) is 11.1 Å². The summed E-state index contributed by atoms with van der Waals surface area (Å²) in [5.41, 5.74) is 6.75. The van der Waals surface area contributed by atoms with Gasteiger partial charge in [0, 0.05) is 11.3 Å². The molecule has 0 fully saturated rings. The van der Waals surface area contributed by atoms with Crippen molar-refractivity contribution in [1.82, 2.24) is 4.98 Å². The lowest BCUT2D eigenvalue weighted by atomic mass is 10.1. The fourth-order valence-corrected chi connectivity index (χ4v) is 3.33. The van der Waals surface area contributed by atoms with Crippen LogP contribution in [0.15, 0.2) is 59.0 Å². The van der Waals surface area contributed by atoms with E-state index in [4.69, 9.17) is 16.0 Å². The molecule has 0 saturated carbocycles. The molecule has 1 N–H and O–H groups in total. The highest BCUT2D eigenvalue weighted by Gasteiger charge is 2.13. The van der Waals surface area contributed by atoms with Crippen molar-refractivity contribution in [2.75, 3.05) is 5.32 Å². The maximum atomic E-state index is 12.5. The van der Waals surface area contributed by atoms with Gasteiger partial charge in [0.1, 0.15) is 5.52 Å². The van der Waals surface area contributed by atoms with E-state index in [0.29, 0.717) is 33.3 Å². The van der Waals surface area contributed by atoms with Gasteiger partial charge in [-0.25, -0.2) is 4.98 Å².